The smallest absolute Gasteiger partial charge is 0.250 e. The molecule has 1 saturated carbocycles. The van der Waals surface area contributed by atoms with Gasteiger partial charge < -0.3 is 0 Å². The third kappa shape index (κ3) is 2.90. The molecule has 3 rings (SSSR count). The second kappa shape index (κ2) is 6.34. The molecule has 1 amide bonds. The van der Waals surface area contributed by atoms with Crippen molar-refractivity contribution in [2.75, 3.05) is 14.2 Å². The molecule has 118 valence electrons. The van der Waals surface area contributed by atoms with Crippen molar-refractivity contribution < 1.29 is 14.4 Å². The van der Waals surface area contributed by atoms with Crippen molar-refractivity contribution in [1.82, 2.24) is 5.06 Å². The Labute approximate surface area is 135 Å². The standard InChI is InChI=1S/C19H19NO3/c1-20(23-2)19(22)17-15(13-9-5-3-6-10-13)16(17)18(21)14-11-7-4-8-12-14/h3-12,15-17H,1-2H3/t15-,16-,17-/m0/s1. The Morgan fingerprint density at radius 3 is 2.04 bits per heavy atom. The monoisotopic (exact) mass is 309 g/mol. The van der Waals surface area contributed by atoms with Crippen LogP contribution in [0.15, 0.2) is 60.7 Å². The number of carbonyl (C=O) groups is 2. The highest BCUT2D eigenvalue weighted by molar-refractivity contribution is 6.05. The largest absolute Gasteiger partial charge is 0.294 e. The maximum atomic E-state index is 12.8. The fraction of sp³-hybridized carbons (Fsp3) is 0.263. The lowest BCUT2D eigenvalue weighted by Gasteiger charge is -2.13. The minimum absolute atomic E-state index is 0.0160. The summed E-state index contributed by atoms with van der Waals surface area (Å²) in [6.45, 7) is 0. The fourth-order valence-corrected chi connectivity index (χ4v) is 3.13. The quantitative estimate of drug-likeness (QED) is 0.630. The highest BCUT2D eigenvalue weighted by atomic mass is 16.7. The van der Waals surface area contributed by atoms with Gasteiger partial charge in [-0.3, -0.25) is 14.4 Å². The zero-order valence-corrected chi connectivity index (χ0v) is 13.2. The molecule has 1 aliphatic rings. The van der Waals surface area contributed by atoms with E-state index in [1.165, 1.54) is 12.2 Å². The third-order valence-electron chi connectivity index (χ3n) is 4.43. The van der Waals surface area contributed by atoms with Crippen molar-refractivity contribution >= 4 is 11.7 Å². The molecule has 0 aromatic heterocycles. The van der Waals surface area contributed by atoms with Crippen LogP contribution in [0.5, 0.6) is 0 Å². The Hall–Kier alpha value is -2.46. The first-order valence-electron chi connectivity index (χ1n) is 7.61. The zero-order valence-electron chi connectivity index (χ0n) is 13.2. The van der Waals surface area contributed by atoms with E-state index in [-0.39, 0.29) is 29.4 Å². The first kappa shape index (κ1) is 15.4. The normalized spacial score (nSPS) is 22.4. The predicted molar refractivity (Wildman–Crippen MR) is 86.7 cm³/mol. The summed E-state index contributed by atoms with van der Waals surface area (Å²) in [4.78, 5) is 30.3. The molecule has 0 bridgehead atoms. The first-order valence-corrected chi connectivity index (χ1v) is 7.61. The number of nitrogens with zero attached hydrogens (tertiary/aromatic N) is 1. The molecular weight excluding hydrogens is 290 g/mol. The van der Waals surface area contributed by atoms with Crippen LogP contribution in [0.2, 0.25) is 0 Å². The number of benzene rings is 2. The van der Waals surface area contributed by atoms with E-state index in [2.05, 4.69) is 0 Å². The molecule has 2 aromatic rings. The van der Waals surface area contributed by atoms with Crippen LogP contribution in [0.4, 0.5) is 0 Å². The van der Waals surface area contributed by atoms with E-state index in [1.807, 2.05) is 48.5 Å². The molecule has 23 heavy (non-hydrogen) atoms. The Morgan fingerprint density at radius 1 is 0.913 bits per heavy atom. The first-order chi connectivity index (χ1) is 11.1. The van der Waals surface area contributed by atoms with Crippen LogP contribution >= 0.6 is 0 Å². The molecule has 0 saturated heterocycles. The number of Topliss-reactive ketones (excluding diaryl/α,β-unsaturated/α-hetero) is 1. The van der Waals surface area contributed by atoms with Gasteiger partial charge in [0, 0.05) is 24.4 Å². The summed E-state index contributed by atoms with van der Waals surface area (Å²) in [6, 6.07) is 18.9. The van der Waals surface area contributed by atoms with Gasteiger partial charge in [0.15, 0.2) is 5.78 Å². The topological polar surface area (TPSA) is 46.6 Å². The van der Waals surface area contributed by atoms with Crippen molar-refractivity contribution in [3.8, 4) is 0 Å². The Balaban J connectivity index is 1.90. The van der Waals surface area contributed by atoms with Gasteiger partial charge in [-0.25, -0.2) is 5.06 Å². The fourth-order valence-electron chi connectivity index (χ4n) is 3.13. The number of hydrogen-bond acceptors (Lipinski definition) is 3. The number of ketones is 1. The van der Waals surface area contributed by atoms with Gasteiger partial charge in [0.05, 0.1) is 13.0 Å². The van der Waals surface area contributed by atoms with Gasteiger partial charge in [-0.2, -0.15) is 0 Å². The van der Waals surface area contributed by atoms with E-state index in [1.54, 1.807) is 19.2 Å². The van der Waals surface area contributed by atoms with Crippen molar-refractivity contribution in [3.63, 3.8) is 0 Å². The predicted octanol–water partition coefficient (Wildman–Crippen LogP) is 2.92. The van der Waals surface area contributed by atoms with E-state index in [0.717, 1.165) is 5.56 Å². The van der Waals surface area contributed by atoms with Crippen LogP contribution in [-0.4, -0.2) is 30.9 Å². The number of hydroxylamine groups is 2. The van der Waals surface area contributed by atoms with Gasteiger partial charge in [-0.15, -0.1) is 0 Å². The van der Waals surface area contributed by atoms with Crippen LogP contribution in [0.25, 0.3) is 0 Å². The highest BCUT2D eigenvalue weighted by Gasteiger charge is 2.60. The van der Waals surface area contributed by atoms with Crippen molar-refractivity contribution in [3.05, 3.63) is 71.8 Å². The van der Waals surface area contributed by atoms with E-state index in [9.17, 15) is 9.59 Å². The lowest BCUT2D eigenvalue weighted by molar-refractivity contribution is -0.170. The lowest BCUT2D eigenvalue weighted by atomic mass is 10.0. The molecular formula is C19H19NO3. The molecule has 1 fully saturated rings. The molecule has 1 aliphatic carbocycles. The van der Waals surface area contributed by atoms with Crippen LogP contribution in [-0.2, 0) is 9.63 Å². The maximum absolute atomic E-state index is 12.8. The molecule has 0 aliphatic heterocycles. The van der Waals surface area contributed by atoms with Gasteiger partial charge >= 0.3 is 0 Å². The van der Waals surface area contributed by atoms with Gasteiger partial charge in [0.2, 0.25) is 5.91 Å². The average molecular weight is 309 g/mol. The van der Waals surface area contributed by atoms with Crippen LogP contribution in [0, 0.1) is 11.8 Å². The second-order valence-corrected chi connectivity index (χ2v) is 5.74. The van der Waals surface area contributed by atoms with Gasteiger partial charge in [0.25, 0.3) is 0 Å². The summed E-state index contributed by atoms with van der Waals surface area (Å²) in [5.74, 6) is -0.924. The Morgan fingerprint density at radius 2 is 1.48 bits per heavy atom. The highest BCUT2D eigenvalue weighted by Crippen LogP contribution is 2.56. The van der Waals surface area contributed by atoms with Crippen LogP contribution < -0.4 is 0 Å². The van der Waals surface area contributed by atoms with Crippen molar-refractivity contribution in [2.24, 2.45) is 11.8 Å². The van der Waals surface area contributed by atoms with Crippen LogP contribution in [0.3, 0.4) is 0 Å². The van der Waals surface area contributed by atoms with E-state index >= 15 is 0 Å². The maximum Gasteiger partial charge on any atom is 0.250 e. The lowest BCUT2D eigenvalue weighted by Crippen LogP contribution is -2.28. The summed E-state index contributed by atoms with van der Waals surface area (Å²) >= 11 is 0. The molecule has 0 spiro atoms. The molecule has 0 radical (unpaired) electrons. The number of rotatable bonds is 5. The van der Waals surface area contributed by atoms with E-state index in [4.69, 9.17) is 4.84 Å². The van der Waals surface area contributed by atoms with Gasteiger partial charge in [-0.1, -0.05) is 60.7 Å². The summed E-state index contributed by atoms with van der Waals surface area (Å²) in [5.41, 5.74) is 1.67. The van der Waals surface area contributed by atoms with E-state index < -0.39 is 0 Å². The average Bonchev–Trinajstić information content (AvgIpc) is 3.36. The second-order valence-electron chi connectivity index (χ2n) is 5.74. The molecule has 0 heterocycles. The third-order valence-corrected chi connectivity index (χ3v) is 4.43. The molecule has 0 unspecified atom stereocenters. The summed E-state index contributed by atoms with van der Waals surface area (Å²) in [7, 11) is 3.03. The zero-order chi connectivity index (χ0) is 16.4. The van der Waals surface area contributed by atoms with Gasteiger partial charge in [0.1, 0.15) is 0 Å². The number of hydrogen-bond donors (Lipinski definition) is 0. The van der Waals surface area contributed by atoms with Crippen LogP contribution in [0.1, 0.15) is 21.8 Å². The summed E-state index contributed by atoms with van der Waals surface area (Å²) in [6.07, 6.45) is 0. The SMILES string of the molecule is CON(C)C(=O)[C@@H]1[C@@H](C(=O)c2ccccc2)[C@@H]1c1ccccc1. The van der Waals surface area contributed by atoms with Crippen molar-refractivity contribution in [2.45, 2.75) is 5.92 Å². The van der Waals surface area contributed by atoms with E-state index in [0.29, 0.717) is 5.56 Å². The number of carbonyl (C=O) groups excluding carboxylic acids is 2. The minimum Gasteiger partial charge on any atom is -0.294 e. The Bertz CT molecular complexity index is 699. The molecule has 4 heteroatoms. The molecule has 2 aromatic carbocycles. The van der Waals surface area contributed by atoms with Gasteiger partial charge in [-0.05, 0) is 5.56 Å². The minimum atomic E-state index is -0.366. The summed E-state index contributed by atoms with van der Waals surface area (Å²) in [5, 5.41) is 1.21. The van der Waals surface area contributed by atoms with Crippen molar-refractivity contribution in [1.29, 1.82) is 0 Å². The number of amides is 1. The molecule has 4 nitrogen and oxygen atoms in total. The molecule has 3 atom stereocenters. The summed E-state index contributed by atoms with van der Waals surface area (Å²) < 4.78 is 0. The molecule has 0 N–H and O–H groups in total. The Kier molecular flexibility index (Phi) is 4.26.